The van der Waals surface area contributed by atoms with Crippen molar-refractivity contribution in [1.82, 2.24) is 0 Å². The maximum absolute atomic E-state index is 13.0. The van der Waals surface area contributed by atoms with Gasteiger partial charge in [0.2, 0.25) is 0 Å². The van der Waals surface area contributed by atoms with Crippen molar-refractivity contribution >= 4 is 11.5 Å². The number of nitriles is 1. The van der Waals surface area contributed by atoms with Crippen LogP contribution in [0.5, 0.6) is 0 Å². The molecule has 30 heavy (non-hydrogen) atoms. The molecule has 0 unspecified atom stereocenters. The molecular weight excluding hydrogens is 382 g/mol. The lowest BCUT2D eigenvalue weighted by Gasteiger charge is -2.31. The average Bonchev–Trinajstić information content (AvgIpc) is 2.77. The van der Waals surface area contributed by atoms with Gasteiger partial charge in [-0.2, -0.15) is 5.26 Å². The van der Waals surface area contributed by atoms with Gasteiger partial charge < -0.3 is 18.9 Å². The van der Waals surface area contributed by atoms with Crippen LogP contribution in [0.15, 0.2) is 66.2 Å². The van der Waals surface area contributed by atoms with Gasteiger partial charge in [-0.15, -0.1) is 0 Å². The summed E-state index contributed by atoms with van der Waals surface area (Å²) in [5.74, 6) is -0.701. The molecule has 0 aliphatic carbocycles. The summed E-state index contributed by atoms with van der Waals surface area (Å²) in [6.45, 7) is 0.816. The van der Waals surface area contributed by atoms with Crippen LogP contribution in [0.25, 0.3) is 5.57 Å². The molecule has 0 saturated carbocycles. The Morgan fingerprint density at radius 2 is 1.23 bits per heavy atom. The molecule has 6 heteroatoms. The molecule has 0 radical (unpaired) electrons. The Morgan fingerprint density at radius 3 is 1.60 bits per heavy atom. The number of carbonyl (C=O) groups is 1. The van der Waals surface area contributed by atoms with Crippen LogP contribution in [0.1, 0.15) is 11.1 Å². The minimum Gasteiger partial charge on any atom is -0.461 e. The molecule has 0 N–H and O–H groups in total. The molecule has 0 fully saturated rings. The van der Waals surface area contributed by atoms with Crippen molar-refractivity contribution in [2.75, 3.05) is 47.8 Å². The highest BCUT2D eigenvalue weighted by molar-refractivity contribution is 6.05. The number of hydrogen-bond acceptors (Lipinski definition) is 6. The van der Waals surface area contributed by atoms with Crippen LogP contribution in [0.2, 0.25) is 0 Å². The zero-order valence-corrected chi connectivity index (χ0v) is 17.6. The summed E-state index contributed by atoms with van der Waals surface area (Å²) in [5.41, 5.74) is 1.31. The molecule has 0 aromatic heterocycles. The number of benzene rings is 2. The molecule has 2 aromatic rings. The number of rotatable bonds is 11. The smallest absolute Gasteiger partial charge is 0.349 e. The largest absolute Gasteiger partial charge is 0.461 e. The van der Waals surface area contributed by atoms with Crippen molar-refractivity contribution in [3.05, 3.63) is 77.4 Å². The van der Waals surface area contributed by atoms with Gasteiger partial charge in [0.25, 0.3) is 0 Å². The Balaban J connectivity index is 2.41. The fourth-order valence-corrected chi connectivity index (χ4v) is 3.33. The molecule has 0 aliphatic rings. The van der Waals surface area contributed by atoms with E-state index in [1.54, 1.807) is 21.3 Å². The van der Waals surface area contributed by atoms with Crippen LogP contribution in [0, 0.1) is 16.7 Å². The third kappa shape index (κ3) is 6.01. The third-order valence-corrected chi connectivity index (χ3v) is 4.55. The Bertz CT molecular complexity index is 813. The van der Waals surface area contributed by atoms with E-state index in [2.05, 4.69) is 0 Å². The number of ether oxygens (including phenoxy) is 4. The van der Waals surface area contributed by atoms with Crippen LogP contribution in [-0.2, 0) is 23.7 Å². The van der Waals surface area contributed by atoms with Crippen molar-refractivity contribution in [3.63, 3.8) is 0 Å². The van der Waals surface area contributed by atoms with Gasteiger partial charge >= 0.3 is 5.97 Å². The quantitative estimate of drug-likeness (QED) is 0.321. The first-order valence-corrected chi connectivity index (χ1v) is 9.50. The molecule has 0 amide bonds. The summed E-state index contributed by atoms with van der Waals surface area (Å²) < 4.78 is 21.5. The predicted octanol–water partition coefficient (Wildman–Crippen LogP) is 3.48. The second kappa shape index (κ2) is 11.9. The summed E-state index contributed by atoms with van der Waals surface area (Å²) in [5, 5.41) is 9.85. The lowest BCUT2D eigenvalue weighted by Crippen LogP contribution is -2.41. The lowest BCUT2D eigenvalue weighted by molar-refractivity contribution is -0.148. The molecule has 2 rings (SSSR count). The number of esters is 1. The first kappa shape index (κ1) is 23.3. The first-order valence-electron chi connectivity index (χ1n) is 9.50. The summed E-state index contributed by atoms with van der Waals surface area (Å²) in [6, 6.07) is 20.7. The van der Waals surface area contributed by atoms with E-state index >= 15 is 0 Å². The molecule has 0 heterocycles. The van der Waals surface area contributed by atoms with Crippen LogP contribution in [-0.4, -0.2) is 53.7 Å². The highest BCUT2D eigenvalue weighted by atomic mass is 16.5. The van der Waals surface area contributed by atoms with E-state index in [0.29, 0.717) is 5.57 Å². The van der Waals surface area contributed by atoms with Gasteiger partial charge in [0.1, 0.15) is 18.2 Å². The number of nitrogens with zero attached hydrogens (tertiary/aromatic N) is 1. The molecule has 2 aromatic carbocycles. The highest BCUT2D eigenvalue weighted by Gasteiger charge is 2.33. The van der Waals surface area contributed by atoms with E-state index < -0.39 is 11.4 Å². The molecule has 0 aliphatic heterocycles. The minimum atomic E-state index is -0.701. The van der Waals surface area contributed by atoms with Gasteiger partial charge in [-0.25, -0.2) is 4.79 Å². The summed E-state index contributed by atoms with van der Waals surface area (Å²) in [6.07, 6.45) is 0. The lowest BCUT2D eigenvalue weighted by atomic mass is 9.91. The summed E-state index contributed by atoms with van der Waals surface area (Å²) in [7, 11) is 4.68. The van der Waals surface area contributed by atoms with Crippen molar-refractivity contribution < 1.29 is 23.7 Å². The van der Waals surface area contributed by atoms with Gasteiger partial charge in [-0.05, 0) is 11.1 Å². The Kier molecular flexibility index (Phi) is 9.23. The van der Waals surface area contributed by atoms with Gasteiger partial charge in [0.05, 0.1) is 25.2 Å². The SMILES string of the molecule is COCC(COC)(COC)COC(=O)C(C#N)=C(c1ccccc1)c1ccccc1. The zero-order chi connectivity index (χ0) is 21.8. The summed E-state index contributed by atoms with van der Waals surface area (Å²) in [4.78, 5) is 13.0. The van der Waals surface area contributed by atoms with Gasteiger partial charge in [-0.1, -0.05) is 60.7 Å². The maximum Gasteiger partial charge on any atom is 0.349 e. The molecule has 0 bridgehead atoms. The second-order valence-electron chi connectivity index (χ2n) is 6.97. The zero-order valence-electron chi connectivity index (χ0n) is 17.6. The Labute approximate surface area is 177 Å². The van der Waals surface area contributed by atoms with Crippen LogP contribution in [0.3, 0.4) is 0 Å². The van der Waals surface area contributed by atoms with E-state index in [9.17, 15) is 10.1 Å². The number of carbonyl (C=O) groups excluding carboxylic acids is 1. The topological polar surface area (TPSA) is 77.8 Å². The van der Waals surface area contributed by atoms with Gasteiger partial charge in [-0.3, -0.25) is 0 Å². The van der Waals surface area contributed by atoms with Gasteiger partial charge in [0, 0.05) is 26.9 Å². The number of methoxy groups -OCH3 is 3. The normalized spacial score (nSPS) is 10.9. The highest BCUT2D eigenvalue weighted by Crippen LogP contribution is 2.28. The molecule has 0 saturated heterocycles. The maximum atomic E-state index is 13.0. The third-order valence-electron chi connectivity index (χ3n) is 4.55. The fourth-order valence-electron chi connectivity index (χ4n) is 3.33. The van der Waals surface area contributed by atoms with Crippen LogP contribution < -0.4 is 0 Å². The predicted molar refractivity (Wildman–Crippen MR) is 114 cm³/mol. The Morgan fingerprint density at radius 1 is 0.800 bits per heavy atom. The first-order chi connectivity index (χ1) is 14.6. The minimum absolute atomic E-state index is 0.0105. The Hall–Kier alpha value is -2.98. The van der Waals surface area contributed by atoms with Crippen LogP contribution >= 0.6 is 0 Å². The molecule has 158 valence electrons. The van der Waals surface area contributed by atoms with E-state index in [4.69, 9.17) is 18.9 Å². The van der Waals surface area contributed by atoms with Crippen molar-refractivity contribution in [1.29, 1.82) is 5.26 Å². The van der Waals surface area contributed by atoms with E-state index in [-0.39, 0.29) is 32.0 Å². The second-order valence-corrected chi connectivity index (χ2v) is 6.97. The molecule has 0 spiro atoms. The van der Waals surface area contributed by atoms with Crippen LogP contribution in [0.4, 0.5) is 0 Å². The molecular formula is C24H27NO5. The average molecular weight is 409 g/mol. The van der Waals surface area contributed by atoms with E-state index in [1.165, 1.54) is 0 Å². The summed E-state index contributed by atoms with van der Waals surface area (Å²) >= 11 is 0. The number of hydrogen-bond donors (Lipinski definition) is 0. The standard InChI is InChI=1S/C24H27NO5/c1-27-15-24(16-28-2,17-29-3)18-30-23(26)21(14-25)22(19-10-6-4-7-11-19)20-12-8-5-9-13-20/h4-13H,15-18H2,1-3H3. The van der Waals surface area contributed by atoms with Gasteiger partial charge in [0.15, 0.2) is 0 Å². The molecule has 0 atom stereocenters. The fraction of sp³-hybridized carbons (Fsp3) is 0.333. The van der Waals surface area contributed by atoms with Crippen molar-refractivity contribution in [2.24, 2.45) is 5.41 Å². The van der Waals surface area contributed by atoms with Crippen molar-refractivity contribution in [3.8, 4) is 6.07 Å². The van der Waals surface area contributed by atoms with Crippen molar-refractivity contribution in [2.45, 2.75) is 0 Å². The van der Waals surface area contributed by atoms with E-state index in [1.807, 2.05) is 66.7 Å². The monoisotopic (exact) mass is 409 g/mol. The van der Waals surface area contributed by atoms with E-state index in [0.717, 1.165) is 11.1 Å². The molecule has 6 nitrogen and oxygen atoms in total.